The average molecular weight is 118 g/mol. The standard InChI is InChI=1S/C4H10N2O2/c1-2-3-4-5-6-8-7/h7H,2-4H2,1H3. The van der Waals surface area contributed by atoms with Crippen LogP contribution in [0.4, 0.5) is 0 Å². The van der Waals surface area contributed by atoms with Crippen LogP contribution in [-0.4, -0.2) is 11.8 Å². The van der Waals surface area contributed by atoms with Crippen molar-refractivity contribution in [1.29, 1.82) is 0 Å². The largest absolute Gasteiger partial charge is 0.203 e. The molecule has 0 fully saturated rings. The maximum absolute atomic E-state index is 7.61. The van der Waals surface area contributed by atoms with Crippen LogP contribution in [-0.2, 0) is 4.99 Å². The second kappa shape index (κ2) is 6.36. The fourth-order valence-electron chi connectivity index (χ4n) is 0.295. The van der Waals surface area contributed by atoms with Gasteiger partial charge in [0.1, 0.15) is 0 Å². The molecule has 0 bridgehead atoms. The lowest BCUT2D eigenvalue weighted by Gasteiger charge is -1.83. The molecule has 0 saturated carbocycles. The summed E-state index contributed by atoms with van der Waals surface area (Å²) < 4.78 is 0. The van der Waals surface area contributed by atoms with Crippen molar-refractivity contribution in [3.63, 3.8) is 0 Å². The lowest BCUT2D eigenvalue weighted by Crippen LogP contribution is -1.76. The first-order valence-corrected chi connectivity index (χ1v) is 2.59. The molecule has 8 heavy (non-hydrogen) atoms. The third kappa shape index (κ3) is 5.36. The smallest absolute Gasteiger partial charge is 0.0636 e. The lowest BCUT2D eigenvalue weighted by atomic mass is 10.3. The quantitative estimate of drug-likeness (QED) is 0.264. The summed E-state index contributed by atoms with van der Waals surface area (Å²) in [7, 11) is 0. The molecule has 0 amide bonds. The highest BCUT2D eigenvalue weighted by Gasteiger charge is 1.77. The highest BCUT2D eigenvalue weighted by Crippen LogP contribution is 1.86. The van der Waals surface area contributed by atoms with E-state index >= 15 is 0 Å². The van der Waals surface area contributed by atoms with Crippen molar-refractivity contribution >= 4 is 0 Å². The molecular formula is C4H10N2O2. The molecule has 0 saturated heterocycles. The van der Waals surface area contributed by atoms with Crippen molar-refractivity contribution in [3.8, 4) is 0 Å². The van der Waals surface area contributed by atoms with Crippen LogP contribution >= 0.6 is 0 Å². The Labute approximate surface area is 48.1 Å². The van der Waals surface area contributed by atoms with Gasteiger partial charge in [0.15, 0.2) is 0 Å². The van der Waals surface area contributed by atoms with E-state index in [0.29, 0.717) is 6.54 Å². The molecule has 0 aliphatic rings. The molecule has 0 aromatic carbocycles. The Morgan fingerprint density at radius 2 is 2.38 bits per heavy atom. The summed E-state index contributed by atoms with van der Waals surface area (Å²) in [5.41, 5.74) is 0. The summed E-state index contributed by atoms with van der Waals surface area (Å²) in [5, 5.41) is 13.9. The van der Waals surface area contributed by atoms with Crippen LogP contribution in [0.3, 0.4) is 0 Å². The van der Waals surface area contributed by atoms with Crippen molar-refractivity contribution in [1.82, 2.24) is 0 Å². The van der Waals surface area contributed by atoms with Crippen LogP contribution in [0.25, 0.3) is 0 Å². The zero-order chi connectivity index (χ0) is 6.24. The topological polar surface area (TPSA) is 54.2 Å². The van der Waals surface area contributed by atoms with Gasteiger partial charge < -0.3 is 0 Å². The average Bonchev–Trinajstić information content (AvgIpc) is 1.81. The summed E-state index contributed by atoms with van der Waals surface area (Å²) in [4.78, 5) is 3.35. The molecule has 4 nitrogen and oxygen atoms in total. The normalized spacial score (nSPS) is 10.2. The monoisotopic (exact) mass is 118 g/mol. The molecule has 0 aliphatic heterocycles. The molecular weight excluding hydrogens is 108 g/mol. The van der Waals surface area contributed by atoms with E-state index < -0.39 is 0 Å². The number of hydrogen-bond donors (Lipinski definition) is 1. The van der Waals surface area contributed by atoms with Crippen molar-refractivity contribution < 1.29 is 10.2 Å². The number of rotatable bonds is 4. The van der Waals surface area contributed by atoms with E-state index in [1.54, 1.807) is 0 Å². The van der Waals surface area contributed by atoms with Crippen molar-refractivity contribution in [2.75, 3.05) is 6.54 Å². The van der Waals surface area contributed by atoms with Crippen LogP contribution < -0.4 is 0 Å². The van der Waals surface area contributed by atoms with Crippen LogP contribution in [0.15, 0.2) is 10.4 Å². The van der Waals surface area contributed by atoms with Crippen molar-refractivity contribution in [2.45, 2.75) is 19.8 Å². The Morgan fingerprint density at radius 3 is 2.88 bits per heavy atom. The molecule has 4 heteroatoms. The maximum atomic E-state index is 7.61. The molecule has 0 aromatic rings. The van der Waals surface area contributed by atoms with E-state index in [1.807, 2.05) is 0 Å². The van der Waals surface area contributed by atoms with Gasteiger partial charge in [-0.15, -0.1) is 0 Å². The number of hydrogen-bond acceptors (Lipinski definition) is 4. The van der Waals surface area contributed by atoms with E-state index in [4.69, 9.17) is 5.26 Å². The summed E-state index contributed by atoms with van der Waals surface area (Å²) in [6.45, 7) is 2.67. The Kier molecular flexibility index (Phi) is 5.85. The maximum Gasteiger partial charge on any atom is 0.0636 e. The van der Waals surface area contributed by atoms with Gasteiger partial charge in [0.05, 0.1) is 11.8 Å². The highest BCUT2D eigenvalue weighted by molar-refractivity contribution is 4.34. The van der Waals surface area contributed by atoms with Gasteiger partial charge in [-0.05, 0) is 6.42 Å². The van der Waals surface area contributed by atoms with Gasteiger partial charge in [0, 0.05) is 0 Å². The zero-order valence-electron chi connectivity index (χ0n) is 4.87. The SMILES string of the molecule is CCCCN=NOO. The van der Waals surface area contributed by atoms with Crippen molar-refractivity contribution in [3.05, 3.63) is 0 Å². The van der Waals surface area contributed by atoms with E-state index in [0.717, 1.165) is 12.8 Å². The molecule has 48 valence electrons. The third-order valence-electron chi connectivity index (χ3n) is 0.706. The molecule has 0 aliphatic carbocycles. The fourth-order valence-corrected chi connectivity index (χ4v) is 0.295. The first-order valence-electron chi connectivity index (χ1n) is 2.59. The first-order chi connectivity index (χ1) is 3.91. The predicted octanol–water partition coefficient (Wildman–Crippen LogP) is 1.64. The van der Waals surface area contributed by atoms with Gasteiger partial charge in [-0.1, -0.05) is 13.3 Å². The molecule has 0 heterocycles. The zero-order valence-corrected chi connectivity index (χ0v) is 4.87. The van der Waals surface area contributed by atoms with Gasteiger partial charge in [-0.3, -0.25) is 0 Å². The number of unbranched alkanes of at least 4 members (excludes halogenated alkanes) is 1. The van der Waals surface area contributed by atoms with E-state index in [9.17, 15) is 0 Å². The highest BCUT2D eigenvalue weighted by atomic mass is 17.2. The number of nitrogens with zero attached hydrogens (tertiary/aromatic N) is 2. The summed E-state index contributed by atoms with van der Waals surface area (Å²) in [6, 6.07) is 0. The second-order valence-corrected chi connectivity index (χ2v) is 1.38. The van der Waals surface area contributed by atoms with Gasteiger partial charge in [-0.25, -0.2) is 4.99 Å². The van der Waals surface area contributed by atoms with Gasteiger partial charge in [0.2, 0.25) is 0 Å². The van der Waals surface area contributed by atoms with Gasteiger partial charge in [-0.2, -0.15) is 10.4 Å². The van der Waals surface area contributed by atoms with Gasteiger partial charge >= 0.3 is 0 Å². The second-order valence-electron chi connectivity index (χ2n) is 1.38. The van der Waals surface area contributed by atoms with Crippen molar-refractivity contribution in [2.24, 2.45) is 10.4 Å². The summed E-state index contributed by atoms with van der Waals surface area (Å²) in [6.07, 6.45) is 2.05. The predicted molar refractivity (Wildman–Crippen MR) is 28.3 cm³/mol. The minimum atomic E-state index is 0.622. The van der Waals surface area contributed by atoms with Gasteiger partial charge in [0.25, 0.3) is 0 Å². The fraction of sp³-hybridized carbons (Fsp3) is 1.00. The third-order valence-corrected chi connectivity index (χ3v) is 0.706. The molecule has 0 unspecified atom stereocenters. The Bertz CT molecular complexity index is 65.1. The van der Waals surface area contributed by atoms with Crippen LogP contribution in [0.5, 0.6) is 0 Å². The van der Waals surface area contributed by atoms with E-state index in [-0.39, 0.29) is 0 Å². The van der Waals surface area contributed by atoms with E-state index in [2.05, 4.69) is 22.3 Å². The molecule has 0 spiro atoms. The minimum Gasteiger partial charge on any atom is -0.203 e. The minimum absolute atomic E-state index is 0.622. The summed E-state index contributed by atoms with van der Waals surface area (Å²) in [5.74, 6) is 0. The van der Waals surface area contributed by atoms with E-state index in [1.165, 1.54) is 0 Å². The molecule has 0 rings (SSSR count). The first kappa shape index (κ1) is 7.36. The molecule has 1 N–H and O–H groups in total. The molecule has 0 aromatic heterocycles. The Balaban J connectivity index is 2.80. The lowest BCUT2D eigenvalue weighted by molar-refractivity contribution is -0.251. The Hall–Kier alpha value is -0.640. The van der Waals surface area contributed by atoms with Crippen LogP contribution in [0.1, 0.15) is 19.8 Å². The van der Waals surface area contributed by atoms with Crippen LogP contribution in [0, 0.1) is 0 Å². The molecule has 0 radical (unpaired) electrons. The Morgan fingerprint density at radius 1 is 1.62 bits per heavy atom. The summed E-state index contributed by atoms with van der Waals surface area (Å²) >= 11 is 0. The molecule has 0 atom stereocenters. The van der Waals surface area contributed by atoms with Crippen LogP contribution in [0.2, 0.25) is 0 Å².